The van der Waals surface area contributed by atoms with E-state index in [-0.39, 0.29) is 17.0 Å². The monoisotopic (exact) mass is 696 g/mol. The van der Waals surface area contributed by atoms with Crippen LogP contribution in [0.5, 0.6) is 0 Å². The summed E-state index contributed by atoms with van der Waals surface area (Å²) in [7, 11) is 0. The normalized spacial score (nSPS) is 12.2. The van der Waals surface area contributed by atoms with Crippen molar-refractivity contribution in [3.8, 4) is 16.9 Å². The van der Waals surface area contributed by atoms with E-state index in [0.29, 0.717) is 65.9 Å². The fourth-order valence-electron chi connectivity index (χ4n) is 5.94. The SMILES string of the molecule is CC(C)CCCc1cc(Cl)c(F)c(-c2cc3cn(-c4ccc(CN[C@H](CCN=C(N)N)CNc5nc6ccccc6[nH]5)cc4)c(=O)nc3[nH]2)c1. The van der Waals surface area contributed by atoms with Gasteiger partial charge in [-0.1, -0.05) is 56.1 Å². The Kier molecular flexibility index (Phi) is 10.8. The smallest absolute Gasteiger partial charge is 0.354 e. The van der Waals surface area contributed by atoms with Crippen LogP contribution >= 0.6 is 11.6 Å². The van der Waals surface area contributed by atoms with Crippen LogP contribution < -0.4 is 27.8 Å². The van der Waals surface area contributed by atoms with Gasteiger partial charge in [0, 0.05) is 42.8 Å². The molecule has 0 saturated heterocycles. The summed E-state index contributed by atoms with van der Waals surface area (Å²) in [6.45, 7) is 6.01. The van der Waals surface area contributed by atoms with Crippen LogP contribution in [0.1, 0.15) is 44.2 Å². The number of halogens is 2. The topological polar surface area (TPSA) is 168 Å². The Morgan fingerprint density at radius 1 is 1.02 bits per heavy atom. The van der Waals surface area contributed by atoms with E-state index in [4.69, 9.17) is 23.1 Å². The lowest BCUT2D eigenvalue weighted by Crippen LogP contribution is -2.36. The number of imidazole rings is 1. The zero-order valence-corrected chi connectivity index (χ0v) is 28.9. The molecule has 0 unspecified atom stereocenters. The molecule has 0 aliphatic rings. The molecule has 3 heterocycles. The number of aromatic nitrogens is 5. The number of H-pyrrole nitrogens is 2. The molecule has 0 aliphatic carbocycles. The van der Waals surface area contributed by atoms with Crippen LogP contribution in [0.25, 0.3) is 39.0 Å². The Morgan fingerprint density at radius 3 is 2.58 bits per heavy atom. The highest BCUT2D eigenvalue weighted by molar-refractivity contribution is 6.31. The minimum Gasteiger partial charge on any atom is -0.370 e. The fourth-order valence-corrected chi connectivity index (χ4v) is 6.19. The molecule has 1 atom stereocenters. The average Bonchev–Trinajstić information content (AvgIpc) is 3.70. The van der Waals surface area contributed by atoms with Gasteiger partial charge in [0.15, 0.2) is 11.8 Å². The second-order valence-corrected chi connectivity index (χ2v) is 13.3. The quantitative estimate of drug-likeness (QED) is 0.0544. The number of guanidine groups is 1. The van der Waals surface area contributed by atoms with Crippen molar-refractivity contribution in [3.05, 3.63) is 105 Å². The molecule has 3 aromatic heterocycles. The van der Waals surface area contributed by atoms with Crippen LogP contribution in [0.15, 0.2) is 82.7 Å². The van der Waals surface area contributed by atoms with Gasteiger partial charge >= 0.3 is 5.69 Å². The second-order valence-electron chi connectivity index (χ2n) is 12.9. The molecule has 0 bridgehead atoms. The average molecular weight is 697 g/mol. The first-order valence-corrected chi connectivity index (χ1v) is 17.2. The number of nitrogens with one attached hydrogen (secondary N) is 4. The van der Waals surface area contributed by atoms with E-state index in [1.165, 1.54) is 4.57 Å². The second kappa shape index (κ2) is 15.6. The number of aliphatic imine (C=N–C) groups is 1. The zero-order valence-electron chi connectivity index (χ0n) is 28.1. The van der Waals surface area contributed by atoms with Gasteiger partial charge in [-0.2, -0.15) is 4.98 Å². The predicted octanol–water partition coefficient (Wildman–Crippen LogP) is 6.26. The van der Waals surface area contributed by atoms with E-state index >= 15 is 4.39 Å². The third-order valence-corrected chi connectivity index (χ3v) is 8.89. The number of fused-ring (bicyclic) bond motifs is 2. The third kappa shape index (κ3) is 8.50. The Bertz CT molecular complexity index is 2130. The highest BCUT2D eigenvalue weighted by atomic mass is 35.5. The highest BCUT2D eigenvalue weighted by Crippen LogP contribution is 2.31. The van der Waals surface area contributed by atoms with Gasteiger partial charge in [0.25, 0.3) is 0 Å². The van der Waals surface area contributed by atoms with Crippen molar-refractivity contribution in [1.82, 2.24) is 29.8 Å². The minimum atomic E-state index is -0.506. The molecule has 0 aliphatic heterocycles. The van der Waals surface area contributed by atoms with E-state index in [9.17, 15) is 4.79 Å². The van der Waals surface area contributed by atoms with Crippen molar-refractivity contribution in [3.63, 3.8) is 0 Å². The lowest BCUT2D eigenvalue weighted by molar-refractivity contribution is 0.502. The van der Waals surface area contributed by atoms with Crippen LogP contribution in [0.4, 0.5) is 10.3 Å². The number of aryl methyl sites for hydroxylation is 1. The van der Waals surface area contributed by atoms with Crippen molar-refractivity contribution in [1.29, 1.82) is 0 Å². The maximum Gasteiger partial charge on any atom is 0.354 e. The summed E-state index contributed by atoms with van der Waals surface area (Å²) in [6, 6.07) is 20.9. The molecule has 0 amide bonds. The van der Waals surface area contributed by atoms with Gasteiger partial charge in [-0.05, 0) is 78.8 Å². The Labute approximate surface area is 294 Å². The van der Waals surface area contributed by atoms with E-state index < -0.39 is 11.5 Å². The Balaban J connectivity index is 1.15. The van der Waals surface area contributed by atoms with Crippen LogP contribution in [-0.4, -0.2) is 49.6 Å². The van der Waals surface area contributed by atoms with Gasteiger partial charge in [-0.15, -0.1) is 0 Å². The summed E-state index contributed by atoms with van der Waals surface area (Å²) in [5.41, 5.74) is 16.4. The van der Waals surface area contributed by atoms with Gasteiger partial charge < -0.3 is 32.1 Å². The first kappa shape index (κ1) is 34.7. The Hall–Kier alpha value is -5.20. The van der Waals surface area contributed by atoms with Crippen molar-refractivity contribution in [2.45, 2.75) is 52.1 Å². The summed E-state index contributed by atoms with van der Waals surface area (Å²) >= 11 is 6.30. The third-order valence-electron chi connectivity index (χ3n) is 8.62. The number of aromatic amines is 2. The molecule has 0 saturated carbocycles. The maximum absolute atomic E-state index is 15.2. The molecular weight excluding hydrogens is 655 g/mol. The summed E-state index contributed by atoms with van der Waals surface area (Å²) < 4.78 is 16.7. The van der Waals surface area contributed by atoms with Crippen LogP contribution in [-0.2, 0) is 13.0 Å². The summed E-state index contributed by atoms with van der Waals surface area (Å²) in [5, 5.41) is 7.70. The van der Waals surface area contributed by atoms with Crippen molar-refractivity contribution < 1.29 is 4.39 Å². The van der Waals surface area contributed by atoms with Crippen molar-refractivity contribution in [2.24, 2.45) is 22.4 Å². The molecule has 0 radical (unpaired) electrons. The summed E-state index contributed by atoms with van der Waals surface area (Å²) in [4.78, 5) is 32.5. The summed E-state index contributed by atoms with van der Waals surface area (Å²) in [5.74, 6) is 0.832. The molecular formula is C37H42ClFN10O. The molecule has 6 rings (SSSR count). The fraction of sp³-hybridized carbons (Fsp3) is 0.297. The number of para-hydroxylation sites is 2. The first-order valence-electron chi connectivity index (χ1n) is 16.8. The number of nitrogens with zero attached hydrogens (tertiary/aromatic N) is 4. The molecule has 260 valence electrons. The van der Waals surface area contributed by atoms with Gasteiger partial charge in [-0.3, -0.25) is 9.56 Å². The molecule has 13 heteroatoms. The lowest BCUT2D eigenvalue weighted by atomic mass is 10.00. The molecule has 6 aromatic rings. The summed E-state index contributed by atoms with van der Waals surface area (Å²) in [6.07, 6.45) is 5.28. The number of benzene rings is 3. The number of nitrogens with two attached hydrogens (primary N) is 2. The van der Waals surface area contributed by atoms with Crippen LogP contribution in [0.2, 0.25) is 5.02 Å². The molecule has 11 nitrogen and oxygen atoms in total. The van der Waals surface area contributed by atoms with Gasteiger partial charge in [-0.25, -0.2) is 14.2 Å². The number of hydrogen-bond acceptors (Lipinski definition) is 6. The van der Waals surface area contributed by atoms with Crippen LogP contribution in [0, 0.1) is 11.7 Å². The predicted molar refractivity (Wildman–Crippen MR) is 200 cm³/mol. The van der Waals surface area contributed by atoms with E-state index in [0.717, 1.165) is 41.4 Å². The molecule has 0 spiro atoms. The number of anilines is 1. The van der Waals surface area contributed by atoms with Crippen LogP contribution in [0.3, 0.4) is 0 Å². The van der Waals surface area contributed by atoms with Gasteiger partial charge in [0.1, 0.15) is 5.65 Å². The first-order chi connectivity index (χ1) is 24.1. The van der Waals surface area contributed by atoms with E-state index in [1.807, 2.05) is 54.6 Å². The number of rotatable bonds is 15. The minimum absolute atomic E-state index is 0.0310. The zero-order chi connectivity index (χ0) is 35.2. The standard InChI is InChI=1S/C37H42ClFN10O/c1-22(2)6-5-7-24-16-28(33(39)29(38)17-24)32-18-25-21-49(37(50)48-34(25)45-32)27-12-10-23(11-13-27)19-43-26(14-15-42-35(40)41)20-44-36-46-30-8-3-4-9-31(30)47-36/h3-4,8-13,16-18,21-22,26,43H,5-7,14-15,19-20H2,1-2H3,(H4,40,41,42)(H2,44,46,47)(H,45,48,50)/t26-/m1/s1. The van der Waals surface area contributed by atoms with E-state index in [1.54, 1.807) is 18.3 Å². The molecule has 0 fully saturated rings. The lowest BCUT2D eigenvalue weighted by Gasteiger charge is -2.19. The van der Waals surface area contributed by atoms with Gasteiger partial charge in [0.05, 0.1) is 27.4 Å². The molecule has 8 N–H and O–H groups in total. The molecule has 50 heavy (non-hydrogen) atoms. The Morgan fingerprint density at radius 2 is 1.82 bits per heavy atom. The highest BCUT2D eigenvalue weighted by Gasteiger charge is 2.16. The molecule has 3 aromatic carbocycles. The maximum atomic E-state index is 15.2. The van der Waals surface area contributed by atoms with Crippen molar-refractivity contribution >= 4 is 45.6 Å². The largest absolute Gasteiger partial charge is 0.370 e. The van der Waals surface area contributed by atoms with Crippen molar-refractivity contribution in [2.75, 3.05) is 18.4 Å². The van der Waals surface area contributed by atoms with Gasteiger partial charge in [0.2, 0.25) is 5.95 Å². The number of hydrogen-bond donors (Lipinski definition) is 6. The van der Waals surface area contributed by atoms with E-state index in [2.05, 4.69) is 49.4 Å².